The fourth-order valence-corrected chi connectivity index (χ4v) is 2.07. The van der Waals surface area contributed by atoms with Crippen LogP contribution < -0.4 is 9.47 Å². The van der Waals surface area contributed by atoms with Crippen LogP contribution in [-0.4, -0.2) is 24.5 Å². The minimum atomic E-state index is -0.125. The molecular weight excluding hydrogens is 298 g/mol. The summed E-state index contributed by atoms with van der Waals surface area (Å²) in [7, 11) is 3.08. The molecule has 7 heteroatoms. The van der Waals surface area contributed by atoms with Gasteiger partial charge in [0.15, 0.2) is 17.3 Å². The zero-order valence-corrected chi connectivity index (χ0v) is 12.5. The highest BCUT2D eigenvalue weighted by molar-refractivity contribution is 6.32. The highest BCUT2D eigenvalue weighted by Gasteiger charge is 2.13. The Labute approximate surface area is 127 Å². The van der Waals surface area contributed by atoms with Gasteiger partial charge in [0.25, 0.3) is 0 Å². The van der Waals surface area contributed by atoms with Crippen LogP contribution in [-0.2, 0) is 24.6 Å². The first-order chi connectivity index (χ1) is 10.2. The number of ether oxygens (including phenoxy) is 3. The van der Waals surface area contributed by atoms with Crippen molar-refractivity contribution in [2.75, 3.05) is 14.2 Å². The van der Waals surface area contributed by atoms with E-state index in [9.17, 15) is 0 Å². The first-order valence-electron chi connectivity index (χ1n) is 6.21. The number of aliphatic hydroxyl groups is 1. The largest absolute Gasteiger partial charge is 0.493 e. The maximum atomic E-state index is 9.14. The van der Waals surface area contributed by atoms with Gasteiger partial charge in [-0.05, 0) is 17.7 Å². The van der Waals surface area contributed by atoms with Crippen molar-refractivity contribution in [2.45, 2.75) is 19.8 Å². The van der Waals surface area contributed by atoms with E-state index in [0.29, 0.717) is 40.1 Å². The Morgan fingerprint density at radius 3 is 2.71 bits per heavy atom. The van der Waals surface area contributed by atoms with Crippen molar-refractivity contribution in [1.82, 2.24) is 5.16 Å². The Kier molecular flexibility index (Phi) is 5.44. The number of methoxy groups -OCH3 is 2. The number of nitrogens with zero attached hydrogens (tertiary/aromatic N) is 1. The summed E-state index contributed by atoms with van der Waals surface area (Å²) < 4.78 is 20.9. The van der Waals surface area contributed by atoms with Gasteiger partial charge in [0.2, 0.25) is 0 Å². The molecule has 21 heavy (non-hydrogen) atoms. The molecule has 2 aromatic rings. The van der Waals surface area contributed by atoms with Gasteiger partial charge in [0.1, 0.15) is 18.9 Å². The molecule has 0 bridgehead atoms. The molecule has 2 rings (SSSR count). The first kappa shape index (κ1) is 15.6. The standard InChI is InChI=1S/C14H16ClNO5/c1-18-8-11-5-10(16-21-11)7-20-14-12(15)3-9(6-17)4-13(14)19-2/h3-5,17H,6-8H2,1-2H3. The SMILES string of the molecule is COCc1cc(COc2c(Cl)cc(CO)cc2OC)no1. The molecule has 0 atom stereocenters. The van der Waals surface area contributed by atoms with Gasteiger partial charge in [0.05, 0.1) is 18.7 Å². The maximum absolute atomic E-state index is 9.14. The van der Waals surface area contributed by atoms with E-state index in [4.69, 9.17) is 35.4 Å². The fraction of sp³-hybridized carbons (Fsp3) is 0.357. The van der Waals surface area contributed by atoms with E-state index in [1.807, 2.05) is 0 Å². The van der Waals surface area contributed by atoms with Crippen molar-refractivity contribution in [3.63, 3.8) is 0 Å². The molecule has 0 aliphatic rings. The van der Waals surface area contributed by atoms with Gasteiger partial charge in [-0.15, -0.1) is 0 Å². The minimum Gasteiger partial charge on any atom is -0.493 e. The summed E-state index contributed by atoms with van der Waals surface area (Å²) in [6.07, 6.45) is 0. The number of hydrogen-bond donors (Lipinski definition) is 1. The van der Waals surface area contributed by atoms with Gasteiger partial charge in [-0.3, -0.25) is 0 Å². The number of rotatable bonds is 7. The number of halogens is 1. The highest BCUT2D eigenvalue weighted by atomic mass is 35.5. The Morgan fingerprint density at radius 2 is 2.05 bits per heavy atom. The summed E-state index contributed by atoms with van der Waals surface area (Å²) in [5.41, 5.74) is 1.26. The molecular formula is C14H16ClNO5. The maximum Gasteiger partial charge on any atom is 0.180 e. The molecule has 0 saturated carbocycles. The lowest BCUT2D eigenvalue weighted by Gasteiger charge is -2.12. The quantitative estimate of drug-likeness (QED) is 0.847. The van der Waals surface area contributed by atoms with Gasteiger partial charge >= 0.3 is 0 Å². The normalized spacial score (nSPS) is 10.7. The van der Waals surface area contributed by atoms with E-state index >= 15 is 0 Å². The fourth-order valence-electron chi connectivity index (χ4n) is 1.78. The van der Waals surface area contributed by atoms with Gasteiger partial charge in [-0.1, -0.05) is 16.8 Å². The summed E-state index contributed by atoms with van der Waals surface area (Å²) in [5, 5.41) is 13.4. The molecule has 1 N–H and O–H groups in total. The van der Waals surface area contributed by atoms with Gasteiger partial charge in [-0.25, -0.2) is 0 Å². The topological polar surface area (TPSA) is 74.0 Å². The second kappa shape index (κ2) is 7.31. The molecule has 114 valence electrons. The van der Waals surface area contributed by atoms with Crippen LogP contribution in [0.15, 0.2) is 22.7 Å². The van der Waals surface area contributed by atoms with Crippen LogP contribution in [0.25, 0.3) is 0 Å². The van der Waals surface area contributed by atoms with E-state index in [1.165, 1.54) is 7.11 Å². The first-order valence-corrected chi connectivity index (χ1v) is 6.59. The lowest BCUT2D eigenvalue weighted by atomic mass is 10.2. The molecule has 0 fully saturated rings. The van der Waals surface area contributed by atoms with E-state index in [-0.39, 0.29) is 13.2 Å². The van der Waals surface area contributed by atoms with Crippen LogP contribution in [0.3, 0.4) is 0 Å². The molecule has 0 radical (unpaired) electrons. The smallest absolute Gasteiger partial charge is 0.180 e. The summed E-state index contributed by atoms with van der Waals surface area (Å²) in [6, 6.07) is 5.03. The molecule has 0 aliphatic heterocycles. The van der Waals surface area contributed by atoms with Crippen molar-refractivity contribution in [3.8, 4) is 11.5 Å². The van der Waals surface area contributed by atoms with Crippen molar-refractivity contribution in [1.29, 1.82) is 0 Å². The summed E-state index contributed by atoms with van der Waals surface area (Å²) in [6.45, 7) is 0.407. The summed E-state index contributed by atoms with van der Waals surface area (Å²) >= 11 is 6.13. The van der Waals surface area contributed by atoms with Gasteiger partial charge in [0, 0.05) is 13.2 Å². The third-order valence-corrected chi connectivity index (χ3v) is 3.01. The Bertz CT molecular complexity index is 599. The van der Waals surface area contributed by atoms with E-state index in [1.54, 1.807) is 25.3 Å². The molecule has 0 saturated heterocycles. The highest BCUT2D eigenvalue weighted by Crippen LogP contribution is 2.36. The van der Waals surface area contributed by atoms with Crippen molar-refractivity contribution in [2.24, 2.45) is 0 Å². The summed E-state index contributed by atoms with van der Waals surface area (Å²) in [5.74, 6) is 1.46. The van der Waals surface area contributed by atoms with E-state index in [0.717, 1.165) is 0 Å². The lowest BCUT2D eigenvalue weighted by molar-refractivity contribution is 0.155. The molecule has 0 unspecified atom stereocenters. The third-order valence-electron chi connectivity index (χ3n) is 2.73. The lowest BCUT2D eigenvalue weighted by Crippen LogP contribution is -1.99. The third kappa shape index (κ3) is 3.87. The Hall–Kier alpha value is -1.76. The molecule has 0 aliphatic carbocycles. The molecule has 1 heterocycles. The van der Waals surface area contributed by atoms with Crippen LogP contribution in [0, 0.1) is 0 Å². The number of benzene rings is 1. The van der Waals surface area contributed by atoms with Crippen molar-refractivity contribution >= 4 is 11.6 Å². The predicted octanol–water partition coefficient (Wildman–Crippen LogP) is 2.55. The number of hydrogen-bond acceptors (Lipinski definition) is 6. The van der Waals surface area contributed by atoms with Crippen molar-refractivity contribution in [3.05, 3.63) is 40.2 Å². The molecule has 6 nitrogen and oxygen atoms in total. The number of aliphatic hydroxyl groups excluding tert-OH is 1. The second-order valence-corrected chi connectivity index (χ2v) is 4.68. The average Bonchev–Trinajstić information content (AvgIpc) is 2.93. The van der Waals surface area contributed by atoms with Crippen molar-refractivity contribution < 1.29 is 23.8 Å². The molecule has 1 aromatic heterocycles. The molecule has 0 spiro atoms. The predicted molar refractivity (Wildman–Crippen MR) is 75.5 cm³/mol. The monoisotopic (exact) mass is 313 g/mol. The minimum absolute atomic E-state index is 0.125. The Morgan fingerprint density at radius 1 is 1.24 bits per heavy atom. The summed E-state index contributed by atoms with van der Waals surface area (Å²) in [4.78, 5) is 0. The van der Waals surface area contributed by atoms with E-state index in [2.05, 4.69) is 5.16 Å². The van der Waals surface area contributed by atoms with Crippen LogP contribution in [0.5, 0.6) is 11.5 Å². The Balaban J connectivity index is 2.11. The molecule has 0 amide bonds. The van der Waals surface area contributed by atoms with Crippen LogP contribution in [0.4, 0.5) is 0 Å². The van der Waals surface area contributed by atoms with Gasteiger partial charge < -0.3 is 23.8 Å². The zero-order valence-electron chi connectivity index (χ0n) is 11.8. The number of aromatic nitrogens is 1. The average molecular weight is 314 g/mol. The second-order valence-electron chi connectivity index (χ2n) is 4.27. The zero-order chi connectivity index (χ0) is 15.2. The van der Waals surface area contributed by atoms with Crippen LogP contribution in [0.1, 0.15) is 17.0 Å². The van der Waals surface area contributed by atoms with E-state index < -0.39 is 0 Å². The molecule has 1 aromatic carbocycles. The van der Waals surface area contributed by atoms with Gasteiger partial charge in [-0.2, -0.15) is 0 Å². The van der Waals surface area contributed by atoms with Crippen LogP contribution >= 0.6 is 11.6 Å². The van der Waals surface area contributed by atoms with Crippen LogP contribution in [0.2, 0.25) is 5.02 Å².